The predicted molar refractivity (Wildman–Crippen MR) is 80.8 cm³/mol. The summed E-state index contributed by atoms with van der Waals surface area (Å²) in [6, 6.07) is 2.51. The standard InChI is InChI=1S/C16H29NO3/c1-5-6-7-18-8-9-19-12-15-10-14(4)16(20-15)11-17-13(2)3/h10,13,17H,5-9,11-12H2,1-4H3. The van der Waals surface area contributed by atoms with E-state index in [1.54, 1.807) is 0 Å². The normalized spacial score (nSPS) is 11.4. The van der Waals surface area contributed by atoms with Crippen molar-refractivity contribution in [3.63, 3.8) is 0 Å². The van der Waals surface area contributed by atoms with Crippen molar-refractivity contribution in [3.05, 3.63) is 23.2 Å². The Balaban J connectivity index is 2.19. The fraction of sp³-hybridized carbons (Fsp3) is 0.750. The van der Waals surface area contributed by atoms with Gasteiger partial charge in [-0.1, -0.05) is 27.2 Å². The summed E-state index contributed by atoms with van der Waals surface area (Å²) in [5.41, 5.74) is 1.18. The van der Waals surface area contributed by atoms with Crippen LogP contribution in [0.3, 0.4) is 0 Å². The van der Waals surface area contributed by atoms with Crippen LogP contribution in [0.4, 0.5) is 0 Å². The minimum atomic E-state index is 0.458. The Bertz CT molecular complexity index is 361. The zero-order valence-electron chi connectivity index (χ0n) is 13.3. The molecule has 0 atom stereocenters. The van der Waals surface area contributed by atoms with Crippen LogP contribution in [0.5, 0.6) is 0 Å². The highest BCUT2D eigenvalue weighted by Crippen LogP contribution is 2.15. The summed E-state index contributed by atoms with van der Waals surface area (Å²) in [4.78, 5) is 0. The Hall–Kier alpha value is -0.840. The molecule has 1 rings (SSSR count). The van der Waals surface area contributed by atoms with Gasteiger partial charge in [-0.3, -0.25) is 0 Å². The molecule has 0 bridgehead atoms. The number of rotatable bonds is 11. The summed E-state index contributed by atoms with van der Waals surface area (Å²) in [5.74, 6) is 1.88. The van der Waals surface area contributed by atoms with Crippen molar-refractivity contribution in [2.75, 3.05) is 19.8 Å². The van der Waals surface area contributed by atoms with Gasteiger partial charge in [0.1, 0.15) is 18.1 Å². The second-order valence-corrected chi connectivity index (χ2v) is 5.37. The van der Waals surface area contributed by atoms with Crippen molar-refractivity contribution >= 4 is 0 Å². The van der Waals surface area contributed by atoms with Crippen molar-refractivity contribution in [3.8, 4) is 0 Å². The van der Waals surface area contributed by atoms with Crippen molar-refractivity contribution < 1.29 is 13.9 Å². The van der Waals surface area contributed by atoms with Crippen LogP contribution in [0.2, 0.25) is 0 Å². The van der Waals surface area contributed by atoms with E-state index >= 15 is 0 Å². The topological polar surface area (TPSA) is 43.6 Å². The highest BCUT2D eigenvalue weighted by atomic mass is 16.5. The molecule has 0 aromatic carbocycles. The molecular formula is C16H29NO3. The van der Waals surface area contributed by atoms with Gasteiger partial charge in [0.15, 0.2) is 0 Å². The van der Waals surface area contributed by atoms with Crippen LogP contribution in [0.25, 0.3) is 0 Å². The van der Waals surface area contributed by atoms with E-state index in [4.69, 9.17) is 13.9 Å². The molecule has 0 saturated heterocycles. The van der Waals surface area contributed by atoms with Gasteiger partial charge in [0.25, 0.3) is 0 Å². The van der Waals surface area contributed by atoms with Crippen molar-refractivity contribution in [1.82, 2.24) is 5.32 Å². The number of aryl methyl sites for hydroxylation is 1. The smallest absolute Gasteiger partial charge is 0.130 e. The van der Waals surface area contributed by atoms with E-state index in [0.717, 1.165) is 31.1 Å². The van der Waals surface area contributed by atoms with Crippen LogP contribution in [0, 0.1) is 6.92 Å². The zero-order valence-corrected chi connectivity index (χ0v) is 13.3. The van der Waals surface area contributed by atoms with Crippen LogP contribution in [-0.4, -0.2) is 25.9 Å². The fourth-order valence-corrected chi connectivity index (χ4v) is 1.77. The van der Waals surface area contributed by atoms with E-state index in [1.807, 2.05) is 0 Å². The molecule has 1 aromatic rings. The third-order valence-electron chi connectivity index (χ3n) is 3.00. The molecule has 0 aliphatic heterocycles. The molecule has 1 heterocycles. The maximum atomic E-state index is 5.78. The predicted octanol–water partition coefficient (Wildman–Crippen LogP) is 3.42. The Kier molecular flexibility index (Phi) is 8.58. The van der Waals surface area contributed by atoms with Crippen molar-refractivity contribution in [1.29, 1.82) is 0 Å². The highest BCUT2D eigenvalue weighted by Gasteiger charge is 2.08. The molecule has 4 nitrogen and oxygen atoms in total. The Labute approximate surface area is 122 Å². The number of hydrogen-bond donors (Lipinski definition) is 1. The summed E-state index contributed by atoms with van der Waals surface area (Å²) in [6.07, 6.45) is 2.28. The average molecular weight is 283 g/mol. The molecule has 20 heavy (non-hydrogen) atoms. The summed E-state index contributed by atoms with van der Waals surface area (Å²) >= 11 is 0. The van der Waals surface area contributed by atoms with Gasteiger partial charge in [0.2, 0.25) is 0 Å². The zero-order chi connectivity index (χ0) is 14.8. The number of furan rings is 1. The van der Waals surface area contributed by atoms with Crippen molar-refractivity contribution in [2.45, 2.75) is 59.7 Å². The Morgan fingerprint density at radius 2 is 1.95 bits per heavy atom. The quantitative estimate of drug-likeness (QED) is 0.632. The molecule has 116 valence electrons. The lowest BCUT2D eigenvalue weighted by Crippen LogP contribution is -2.21. The molecule has 0 radical (unpaired) electrons. The molecule has 0 aliphatic rings. The molecule has 0 saturated carbocycles. The minimum Gasteiger partial charge on any atom is -0.462 e. The van der Waals surface area contributed by atoms with E-state index in [2.05, 4.69) is 39.1 Å². The summed E-state index contributed by atoms with van der Waals surface area (Å²) in [7, 11) is 0. The molecule has 0 fully saturated rings. The summed E-state index contributed by atoms with van der Waals surface area (Å²) in [6.45, 7) is 11.9. The third kappa shape index (κ3) is 7.08. The third-order valence-corrected chi connectivity index (χ3v) is 3.00. The molecule has 1 aromatic heterocycles. The molecule has 0 spiro atoms. The fourth-order valence-electron chi connectivity index (χ4n) is 1.77. The maximum Gasteiger partial charge on any atom is 0.130 e. The lowest BCUT2D eigenvalue weighted by molar-refractivity contribution is 0.0336. The van der Waals surface area contributed by atoms with E-state index in [0.29, 0.717) is 25.9 Å². The van der Waals surface area contributed by atoms with Crippen LogP contribution >= 0.6 is 0 Å². The first-order valence-corrected chi connectivity index (χ1v) is 7.60. The molecule has 1 N–H and O–H groups in total. The molecule has 0 amide bonds. The Morgan fingerprint density at radius 3 is 2.65 bits per heavy atom. The number of nitrogens with one attached hydrogen (secondary N) is 1. The van der Waals surface area contributed by atoms with E-state index in [9.17, 15) is 0 Å². The van der Waals surface area contributed by atoms with Crippen LogP contribution in [-0.2, 0) is 22.6 Å². The Morgan fingerprint density at radius 1 is 1.20 bits per heavy atom. The first-order chi connectivity index (χ1) is 9.63. The van der Waals surface area contributed by atoms with E-state index in [-0.39, 0.29) is 0 Å². The van der Waals surface area contributed by atoms with Gasteiger partial charge in [-0.15, -0.1) is 0 Å². The first kappa shape index (κ1) is 17.2. The maximum absolute atomic E-state index is 5.78. The molecule has 4 heteroatoms. The van der Waals surface area contributed by atoms with Gasteiger partial charge in [0, 0.05) is 12.6 Å². The van der Waals surface area contributed by atoms with E-state index < -0.39 is 0 Å². The molecular weight excluding hydrogens is 254 g/mol. The van der Waals surface area contributed by atoms with Gasteiger partial charge >= 0.3 is 0 Å². The summed E-state index contributed by atoms with van der Waals surface area (Å²) < 4.78 is 16.8. The highest BCUT2D eigenvalue weighted by molar-refractivity contribution is 5.19. The van der Waals surface area contributed by atoms with Crippen LogP contribution < -0.4 is 5.32 Å². The number of unbranched alkanes of at least 4 members (excludes halogenated alkanes) is 1. The molecule has 0 aliphatic carbocycles. The van der Waals surface area contributed by atoms with Gasteiger partial charge in [-0.2, -0.15) is 0 Å². The minimum absolute atomic E-state index is 0.458. The first-order valence-electron chi connectivity index (χ1n) is 7.60. The number of ether oxygens (including phenoxy) is 2. The van der Waals surface area contributed by atoms with E-state index in [1.165, 1.54) is 12.0 Å². The monoisotopic (exact) mass is 283 g/mol. The number of hydrogen-bond acceptors (Lipinski definition) is 4. The molecule has 0 unspecified atom stereocenters. The average Bonchev–Trinajstić information content (AvgIpc) is 2.76. The van der Waals surface area contributed by atoms with Crippen molar-refractivity contribution in [2.24, 2.45) is 0 Å². The second kappa shape index (κ2) is 9.97. The lowest BCUT2D eigenvalue weighted by Gasteiger charge is -2.06. The SMILES string of the molecule is CCCCOCCOCc1cc(C)c(CNC(C)C)o1. The van der Waals surface area contributed by atoms with Crippen LogP contribution in [0.15, 0.2) is 10.5 Å². The van der Waals surface area contributed by atoms with Gasteiger partial charge in [-0.25, -0.2) is 0 Å². The lowest BCUT2D eigenvalue weighted by atomic mass is 10.2. The second-order valence-electron chi connectivity index (χ2n) is 5.37. The van der Waals surface area contributed by atoms with Gasteiger partial charge in [-0.05, 0) is 25.0 Å². The summed E-state index contributed by atoms with van der Waals surface area (Å²) in [5, 5.41) is 3.36. The van der Waals surface area contributed by atoms with Gasteiger partial charge in [0.05, 0.1) is 19.8 Å². The van der Waals surface area contributed by atoms with Gasteiger partial charge < -0.3 is 19.2 Å². The van der Waals surface area contributed by atoms with Crippen LogP contribution in [0.1, 0.15) is 50.7 Å². The largest absolute Gasteiger partial charge is 0.462 e.